The highest BCUT2D eigenvalue weighted by molar-refractivity contribution is 5.70. The topological polar surface area (TPSA) is 144 Å². The molecule has 0 bridgehead atoms. The lowest BCUT2D eigenvalue weighted by Crippen LogP contribution is -2.49. The maximum absolute atomic E-state index is 12.7. The van der Waals surface area contributed by atoms with Crippen LogP contribution in [0.3, 0.4) is 0 Å². The van der Waals surface area contributed by atoms with Gasteiger partial charge in [-0.1, -0.05) is 0 Å². The van der Waals surface area contributed by atoms with Gasteiger partial charge in [0.2, 0.25) is 0 Å². The van der Waals surface area contributed by atoms with Gasteiger partial charge in [0.25, 0.3) is 5.56 Å². The summed E-state index contributed by atoms with van der Waals surface area (Å²) in [6.45, 7) is 2.19. The summed E-state index contributed by atoms with van der Waals surface area (Å²) in [5.41, 5.74) is 8.67. The van der Waals surface area contributed by atoms with Gasteiger partial charge in [0, 0.05) is 48.1 Å². The molecule has 12 heteroatoms. The number of nitrogens with zero attached hydrogens (tertiary/aromatic N) is 6. The van der Waals surface area contributed by atoms with Crippen molar-refractivity contribution in [1.82, 2.24) is 34.8 Å². The molecule has 2 aliphatic rings. The van der Waals surface area contributed by atoms with Crippen LogP contribution in [-0.2, 0) is 11.3 Å². The maximum atomic E-state index is 12.7. The van der Waals surface area contributed by atoms with Gasteiger partial charge >= 0.3 is 0 Å². The van der Waals surface area contributed by atoms with Crippen LogP contribution in [0.25, 0.3) is 28.3 Å². The number of nitrogen functional groups attached to an aromatic ring is 1. The molecular formula is C26H28N8O4. The summed E-state index contributed by atoms with van der Waals surface area (Å²) in [5.74, 6) is 1.24. The van der Waals surface area contributed by atoms with Gasteiger partial charge in [0.15, 0.2) is 5.82 Å². The van der Waals surface area contributed by atoms with Crippen molar-refractivity contribution in [2.75, 3.05) is 33.1 Å². The van der Waals surface area contributed by atoms with Crippen molar-refractivity contribution >= 4 is 5.82 Å². The Morgan fingerprint density at radius 3 is 2.61 bits per heavy atom. The quantitative estimate of drug-likeness (QED) is 0.372. The van der Waals surface area contributed by atoms with Gasteiger partial charge in [0.1, 0.15) is 22.9 Å². The van der Waals surface area contributed by atoms with E-state index in [0.29, 0.717) is 40.8 Å². The van der Waals surface area contributed by atoms with Gasteiger partial charge in [-0.15, -0.1) is 0 Å². The van der Waals surface area contributed by atoms with Crippen LogP contribution >= 0.6 is 0 Å². The van der Waals surface area contributed by atoms with Crippen LogP contribution in [0.1, 0.15) is 12.8 Å². The number of methoxy groups -OCH3 is 2. The predicted molar refractivity (Wildman–Crippen MR) is 139 cm³/mol. The minimum atomic E-state index is -0.333. The number of anilines is 1. The van der Waals surface area contributed by atoms with Gasteiger partial charge in [-0.2, -0.15) is 14.9 Å². The standard InChI is InChI=1S/C26H28N8O4/c1-36-18-7-17(8-19(9-18)37-2)34-23(35)4-3-21(32-34)24-25(27)28-12-22(31-24)16-10-30-33(13-16)14-20-11-29-26(5-6-26)15-38-20/h3-4,7-10,12-13,20,29H,5-6,11,14-15H2,1-2H3,(H2,27,28). The molecule has 3 N–H and O–H groups in total. The average Bonchev–Trinajstić information content (AvgIpc) is 3.54. The second-order valence-electron chi connectivity index (χ2n) is 9.57. The summed E-state index contributed by atoms with van der Waals surface area (Å²) in [5, 5.41) is 12.6. The van der Waals surface area contributed by atoms with Crippen LogP contribution in [0.5, 0.6) is 11.5 Å². The number of benzene rings is 1. The van der Waals surface area contributed by atoms with E-state index in [4.69, 9.17) is 24.9 Å². The highest BCUT2D eigenvalue weighted by atomic mass is 16.5. The van der Waals surface area contributed by atoms with Gasteiger partial charge in [-0.05, 0) is 18.9 Å². The molecule has 1 unspecified atom stereocenters. The SMILES string of the molecule is COc1cc(OC)cc(-n2nc(-c3nc(-c4cnn(CC5CNC6(CC6)CO5)c4)cnc3N)ccc2=O)c1. The van der Waals surface area contributed by atoms with Gasteiger partial charge < -0.3 is 25.3 Å². The summed E-state index contributed by atoms with van der Waals surface area (Å²) in [6.07, 6.45) is 7.67. The minimum Gasteiger partial charge on any atom is -0.497 e. The van der Waals surface area contributed by atoms with Crippen molar-refractivity contribution in [3.8, 4) is 39.8 Å². The Morgan fingerprint density at radius 2 is 1.92 bits per heavy atom. The minimum absolute atomic E-state index is 0.0579. The van der Waals surface area contributed by atoms with Crippen LogP contribution < -0.4 is 26.1 Å². The first-order valence-electron chi connectivity index (χ1n) is 12.3. The Morgan fingerprint density at radius 1 is 1.13 bits per heavy atom. The molecule has 6 rings (SSSR count). The highest BCUT2D eigenvalue weighted by Crippen LogP contribution is 2.37. The number of morpholine rings is 1. The monoisotopic (exact) mass is 516 g/mol. The van der Waals surface area contributed by atoms with Crippen LogP contribution in [0.15, 0.2) is 53.7 Å². The highest BCUT2D eigenvalue weighted by Gasteiger charge is 2.45. The zero-order valence-electron chi connectivity index (χ0n) is 21.1. The molecule has 0 radical (unpaired) electrons. The molecule has 0 amide bonds. The van der Waals surface area contributed by atoms with E-state index in [2.05, 4.69) is 20.5 Å². The fourth-order valence-corrected chi connectivity index (χ4v) is 4.47. The third kappa shape index (κ3) is 4.71. The largest absolute Gasteiger partial charge is 0.497 e. The molecule has 196 valence electrons. The normalized spacial score (nSPS) is 17.9. The van der Waals surface area contributed by atoms with E-state index < -0.39 is 0 Å². The molecule has 1 saturated carbocycles. The van der Waals surface area contributed by atoms with Crippen molar-refractivity contribution < 1.29 is 14.2 Å². The van der Waals surface area contributed by atoms with Crippen molar-refractivity contribution in [2.24, 2.45) is 0 Å². The Bertz CT molecular complexity index is 1510. The zero-order chi connectivity index (χ0) is 26.3. The molecule has 2 fully saturated rings. The molecule has 1 aliphatic carbocycles. The first-order chi connectivity index (χ1) is 18.4. The summed E-state index contributed by atoms with van der Waals surface area (Å²) < 4.78 is 19.8. The van der Waals surface area contributed by atoms with E-state index in [1.165, 1.54) is 37.8 Å². The summed E-state index contributed by atoms with van der Waals surface area (Å²) in [6, 6.07) is 8.08. The molecule has 1 saturated heterocycles. The van der Waals surface area contributed by atoms with Crippen molar-refractivity contribution in [3.63, 3.8) is 0 Å². The van der Waals surface area contributed by atoms with Crippen LogP contribution in [0.4, 0.5) is 5.82 Å². The molecule has 3 aromatic heterocycles. The van der Waals surface area contributed by atoms with Crippen LogP contribution in [-0.4, -0.2) is 68.5 Å². The first-order valence-corrected chi connectivity index (χ1v) is 12.3. The third-order valence-corrected chi connectivity index (χ3v) is 6.90. The third-order valence-electron chi connectivity index (χ3n) is 6.90. The summed E-state index contributed by atoms with van der Waals surface area (Å²) in [4.78, 5) is 21.8. The van der Waals surface area contributed by atoms with Gasteiger partial charge in [-0.25, -0.2) is 9.97 Å². The lowest BCUT2D eigenvalue weighted by molar-refractivity contribution is -0.0134. The Labute approximate surface area is 218 Å². The smallest absolute Gasteiger partial charge is 0.271 e. The fraction of sp³-hybridized carbons (Fsp3) is 0.346. The first kappa shape index (κ1) is 24.1. The van der Waals surface area contributed by atoms with Crippen LogP contribution in [0, 0.1) is 0 Å². The van der Waals surface area contributed by atoms with E-state index in [-0.39, 0.29) is 23.0 Å². The molecule has 12 nitrogen and oxygen atoms in total. The zero-order valence-corrected chi connectivity index (χ0v) is 21.1. The van der Waals surface area contributed by atoms with E-state index in [1.54, 1.807) is 36.7 Å². The van der Waals surface area contributed by atoms with Crippen molar-refractivity contribution in [1.29, 1.82) is 0 Å². The van der Waals surface area contributed by atoms with Gasteiger partial charge in [0.05, 0.1) is 57.3 Å². The fourth-order valence-electron chi connectivity index (χ4n) is 4.47. The summed E-state index contributed by atoms with van der Waals surface area (Å²) >= 11 is 0. The number of nitrogens with two attached hydrogens (primary N) is 1. The second-order valence-corrected chi connectivity index (χ2v) is 9.57. The molecule has 4 heterocycles. The van der Waals surface area contributed by atoms with E-state index in [0.717, 1.165) is 18.7 Å². The number of aromatic nitrogens is 6. The molecule has 4 aromatic rings. The lowest BCUT2D eigenvalue weighted by atomic mass is 10.2. The predicted octanol–water partition coefficient (Wildman–Crippen LogP) is 1.67. The number of ether oxygens (including phenoxy) is 3. The number of nitrogens with one attached hydrogen (secondary N) is 1. The van der Waals surface area contributed by atoms with E-state index in [1.807, 2.05) is 10.9 Å². The Kier molecular flexibility index (Phi) is 6.04. The number of hydrogen-bond donors (Lipinski definition) is 2. The number of hydrogen-bond acceptors (Lipinski definition) is 10. The Hall–Kier alpha value is -4.29. The molecule has 1 spiro atoms. The average molecular weight is 517 g/mol. The van der Waals surface area contributed by atoms with Crippen molar-refractivity contribution in [3.05, 3.63) is 59.3 Å². The molecular weight excluding hydrogens is 488 g/mol. The molecule has 1 atom stereocenters. The van der Waals surface area contributed by atoms with Crippen molar-refractivity contribution in [2.45, 2.75) is 31.0 Å². The Balaban J connectivity index is 1.28. The van der Waals surface area contributed by atoms with Gasteiger partial charge in [-0.3, -0.25) is 9.48 Å². The number of rotatable bonds is 7. The lowest BCUT2D eigenvalue weighted by Gasteiger charge is -2.30. The maximum Gasteiger partial charge on any atom is 0.271 e. The molecule has 1 aromatic carbocycles. The summed E-state index contributed by atoms with van der Waals surface area (Å²) in [7, 11) is 3.08. The van der Waals surface area contributed by atoms with E-state index >= 15 is 0 Å². The molecule has 38 heavy (non-hydrogen) atoms. The second kappa shape index (κ2) is 9.54. The molecule has 1 aliphatic heterocycles. The van der Waals surface area contributed by atoms with Crippen LogP contribution in [0.2, 0.25) is 0 Å². The van der Waals surface area contributed by atoms with E-state index in [9.17, 15) is 4.79 Å².